The minimum Gasteiger partial charge on any atom is -0.287 e. The van der Waals surface area contributed by atoms with Crippen molar-refractivity contribution in [2.45, 2.75) is 26.2 Å². The molecule has 1 atom stereocenters. The highest BCUT2D eigenvalue weighted by atomic mass is 32.1. The van der Waals surface area contributed by atoms with E-state index in [1.54, 1.807) is 0 Å². The Morgan fingerprint density at radius 2 is 2.36 bits per heavy atom. The molecule has 1 aliphatic rings. The second-order valence-electron chi connectivity index (χ2n) is 3.37. The van der Waals surface area contributed by atoms with E-state index in [0.29, 0.717) is 5.92 Å². The number of carbonyl (C=O) groups is 1. The van der Waals surface area contributed by atoms with Crippen LogP contribution in [0.4, 0.5) is 0 Å². The van der Waals surface area contributed by atoms with Gasteiger partial charge in [-0.1, -0.05) is 0 Å². The standard InChI is InChI=1S/C8H11NOS/c1-8(5-9,4-7(10)11)6-2-3-6/h6H,2-4H2,1H3,(H,10,11). The summed E-state index contributed by atoms with van der Waals surface area (Å²) in [7, 11) is 0. The highest BCUT2D eigenvalue weighted by Crippen LogP contribution is 2.47. The highest BCUT2D eigenvalue weighted by Gasteiger charge is 2.42. The Morgan fingerprint density at radius 1 is 1.82 bits per heavy atom. The van der Waals surface area contributed by atoms with Gasteiger partial charge < -0.3 is 0 Å². The number of nitrogens with zero attached hydrogens (tertiary/aromatic N) is 1. The molecule has 1 saturated carbocycles. The van der Waals surface area contributed by atoms with Gasteiger partial charge in [-0.05, 0) is 25.7 Å². The maximum Gasteiger partial charge on any atom is 0.187 e. The Labute approximate surface area is 72.0 Å². The highest BCUT2D eigenvalue weighted by molar-refractivity contribution is 7.96. The Morgan fingerprint density at radius 3 is 2.64 bits per heavy atom. The van der Waals surface area contributed by atoms with Crippen molar-refractivity contribution in [1.29, 1.82) is 5.26 Å². The monoisotopic (exact) mass is 169 g/mol. The van der Waals surface area contributed by atoms with Crippen LogP contribution in [0, 0.1) is 22.7 Å². The van der Waals surface area contributed by atoms with Gasteiger partial charge >= 0.3 is 0 Å². The molecule has 0 N–H and O–H groups in total. The molecule has 0 aromatic rings. The molecule has 0 saturated heterocycles. The lowest BCUT2D eigenvalue weighted by Gasteiger charge is -2.17. The largest absolute Gasteiger partial charge is 0.287 e. The van der Waals surface area contributed by atoms with Crippen molar-refractivity contribution in [3.8, 4) is 6.07 Å². The van der Waals surface area contributed by atoms with Gasteiger partial charge in [0.1, 0.15) is 0 Å². The summed E-state index contributed by atoms with van der Waals surface area (Å²) in [5, 5.41) is 8.63. The molecular weight excluding hydrogens is 158 g/mol. The van der Waals surface area contributed by atoms with Gasteiger partial charge in [0.15, 0.2) is 5.12 Å². The van der Waals surface area contributed by atoms with Crippen LogP contribution in [0.1, 0.15) is 26.2 Å². The van der Waals surface area contributed by atoms with E-state index in [4.69, 9.17) is 5.26 Å². The van der Waals surface area contributed by atoms with E-state index < -0.39 is 5.41 Å². The number of rotatable bonds is 3. The molecule has 3 heteroatoms. The fourth-order valence-electron chi connectivity index (χ4n) is 1.31. The minimum atomic E-state index is -0.446. The van der Waals surface area contributed by atoms with Crippen LogP contribution in [0.5, 0.6) is 0 Å². The van der Waals surface area contributed by atoms with Gasteiger partial charge in [-0.25, -0.2) is 0 Å². The van der Waals surface area contributed by atoms with Crippen LogP contribution < -0.4 is 0 Å². The van der Waals surface area contributed by atoms with Gasteiger partial charge in [0, 0.05) is 6.42 Å². The average Bonchev–Trinajstić information content (AvgIpc) is 2.66. The fraction of sp³-hybridized carbons (Fsp3) is 0.750. The second-order valence-corrected chi connectivity index (χ2v) is 3.87. The molecule has 0 spiro atoms. The van der Waals surface area contributed by atoms with Crippen LogP contribution in [-0.4, -0.2) is 5.12 Å². The first-order chi connectivity index (χ1) is 5.08. The summed E-state index contributed by atoms with van der Waals surface area (Å²) >= 11 is 3.68. The Balaban J connectivity index is 2.60. The number of thiol groups is 1. The first-order valence-corrected chi connectivity index (χ1v) is 4.16. The zero-order valence-corrected chi connectivity index (χ0v) is 7.40. The van der Waals surface area contributed by atoms with Gasteiger partial charge in [-0.3, -0.25) is 4.79 Å². The first kappa shape index (κ1) is 8.61. The molecule has 1 rings (SSSR count). The summed E-state index contributed by atoms with van der Waals surface area (Å²) in [6.07, 6.45) is 2.47. The predicted octanol–water partition coefficient (Wildman–Crippen LogP) is 1.77. The predicted molar refractivity (Wildman–Crippen MR) is 45.1 cm³/mol. The van der Waals surface area contributed by atoms with Crippen LogP contribution in [0.15, 0.2) is 0 Å². The molecule has 0 heterocycles. The van der Waals surface area contributed by atoms with Crippen LogP contribution in [0.2, 0.25) is 0 Å². The lowest BCUT2D eigenvalue weighted by atomic mass is 9.84. The average molecular weight is 169 g/mol. The number of nitriles is 1. The van der Waals surface area contributed by atoms with E-state index in [1.165, 1.54) is 0 Å². The van der Waals surface area contributed by atoms with Gasteiger partial charge in [0.05, 0.1) is 11.5 Å². The van der Waals surface area contributed by atoms with E-state index in [9.17, 15) is 4.79 Å². The van der Waals surface area contributed by atoms with Gasteiger partial charge in [-0.2, -0.15) is 5.26 Å². The normalized spacial score (nSPS) is 21.9. The molecule has 60 valence electrons. The topological polar surface area (TPSA) is 40.9 Å². The van der Waals surface area contributed by atoms with Crippen LogP contribution in [-0.2, 0) is 4.79 Å². The molecule has 0 aromatic carbocycles. The smallest absolute Gasteiger partial charge is 0.187 e. The summed E-state index contributed by atoms with van der Waals surface area (Å²) in [6.45, 7) is 1.85. The third kappa shape index (κ3) is 1.97. The van der Waals surface area contributed by atoms with E-state index >= 15 is 0 Å². The molecular formula is C8H11NOS. The van der Waals surface area contributed by atoms with Crippen molar-refractivity contribution < 1.29 is 4.79 Å². The van der Waals surface area contributed by atoms with Gasteiger partial charge in [0.25, 0.3) is 0 Å². The maximum atomic E-state index is 10.7. The summed E-state index contributed by atoms with van der Waals surface area (Å²) in [5.41, 5.74) is -0.446. The third-order valence-corrected chi connectivity index (χ3v) is 2.41. The van der Waals surface area contributed by atoms with Crippen LogP contribution in [0.25, 0.3) is 0 Å². The zero-order chi connectivity index (χ0) is 8.48. The molecule has 1 aliphatic carbocycles. The molecule has 0 amide bonds. The van der Waals surface area contributed by atoms with Crippen molar-refractivity contribution in [1.82, 2.24) is 0 Å². The van der Waals surface area contributed by atoms with E-state index in [2.05, 4.69) is 18.7 Å². The van der Waals surface area contributed by atoms with Crippen molar-refractivity contribution in [3.63, 3.8) is 0 Å². The van der Waals surface area contributed by atoms with Crippen molar-refractivity contribution in [3.05, 3.63) is 0 Å². The number of carbonyl (C=O) groups excluding carboxylic acids is 1. The van der Waals surface area contributed by atoms with E-state index in [1.807, 2.05) is 6.92 Å². The maximum absolute atomic E-state index is 10.7. The molecule has 0 radical (unpaired) electrons. The second kappa shape index (κ2) is 2.86. The molecule has 1 unspecified atom stereocenters. The minimum absolute atomic E-state index is 0.180. The molecule has 11 heavy (non-hydrogen) atoms. The molecule has 0 aromatic heterocycles. The number of hydrogen-bond acceptors (Lipinski definition) is 2. The molecule has 0 bridgehead atoms. The van der Waals surface area contributed by atoms with Gasteiger partial charge in [-0.15, -0.1) is 12.6 Å². The van der Waals surface area contributed by atoms with Crippen LogP contribution in [0.3, 0.4) is 0 Å². The van der Waals surface area contributed by atoms with Gasteiger partial charge in [0.2, 0.25) is 0 Å². The fourth-order valence-corrected chi connectivity index (χ4v) is 1.64. The molecule has 2 nitrogen and oxygen atoms in total. The quantitative estimate of drug-likeness (QED) is 0.654. The summed E-state index contributed by atoms with van der Waals surface area (Å²) < 4.78 is 0. The SMILES string of the molecule is CC(C#N)(CC(=O)S)C1CC1. The lowest BCUT2D eigenvalue weighted by Crippen LogP contribution is -2.19. The van der Waals surface area contributed by atoms with E-state index in [-0.39, 0.29) is 11.5 Å². The molecule has 1 fully saturated rings. The Hall–Kier alpha value is -0.490. The Kier molecular flexibility index (Phi) is 2.24. The van der Waals surface area contributed by atoms with Crippen molar-refractivity contribution in [2.24, 2.45) is 11.3 Å². The molecule has 0 aliphatic heterocycles. The number of hydrogen-bond donors (Lipinski definition) is 1. The summed E-state index contributed by atoms with van der Waals surface area (Å²) in [6, 6.07) is 2.20. The van der Waals surface area contributed by atoms with E-state index in [0.717, 1.165) is 12.8 Å². The van der Waals surface area contributed by atoms with Crippen molar-refractivity contribution >= 4 is 17.7 Å². The zero-order valence-electron chi connectivity index (χ0n) is 6.50. The summed E-state index contributed by atoms with van der Waals surface area (Å²) in [4.78, 5) is 10.7. The third-order valence-electron chi connectivity index (χ3n) is 2.25. The summed E-state index contributed by atoms with van der Waals surface area (Å²) in [5.74, 6) is 0.434. The van der Waals surface area contributed by atoms with Crippen molar-refractivity contribution in [2.75, 3.05) is 0 Å². The first-order valence-electron chi connectivity index (χ1n) is 3.71. The van der Waals surface area contributed by atoms with Crippen LogP contribution >= 0.6 is 12.6 Å². The Bertz CT molecular complexity index is 217. The lowest BCUT2D eigenvalue weighted by molar-refractivity contribution is -0.112.